The fraction of sp³-hybridized carbons (Fsp3) is 0.562. The summed E-state index contributed by atoms with van der Waals surface area (Å²) in [7, 11) is 0. The van der Waals surface area contributed by atoms with Gasteiger partial charge in [0.25, 0.3) is 0 Å². The molecule has 2 aliphatic rings. The zero-order valence-corrected chi connectivity index (χ0v) is 14.2. The number of nitrogens with one attached hydrogen (secondary N) is 3. The van der Waals surface area contributed by atoms with E-state index in [0.29, 0.717) is 25.1 Å². The van der Waals surface area contributed by atoms with Gasteiger partial charge >= 0.3 is 0 Å². The number of nitrogens with zero attached hydrogens (tertiary/aromatic N) is 2. The third-order valence-corrected chi connectivity index (χ3v) is 4.81. The molecule has 4 amide bonds. The molecule has 0 saturated carbocycles. The molecule has 3 rings (SSSR count). The fourth-order valence-electron chi connectivity index (χ4n) is 3.42. The normalized spacial score (nSPS) is 23.5. The standard InChI is InChI=1S/C16H22N6O4/c17-14(24)12-2-1-3-22(12)16(26)11(5-10-7-18-8-20-10)21-15(25)9-4-13(23)19-6-9/h7-9,11-12H,1-6H2,(H2,17,24)(H,18,20)(H,19,23)(H,21,25)/t9?,11-,12-/m0/s1. The first-order valence-electron chi connectivity index (χ1n) is 8.60. The fourth-order valence-corrected chi connectivity index (χ4v) is 3.42. The molecule has 0 spiro atoms. The van der Waals surface area contributed by atoms with Gasteiger partial charge < -0.3 is 26.3 Å². The second-order valence-corrected chi connectivity index (χ2v) is 6.64. The molecular formula is C16H22N6O4. The number of rotatable bonds is 6. The van der Waals surface area contributed by atoms with Crippen molar-refractivity contribution < 1.29 is 19.2 Å². The third kappa shape index (κ3) is 3.84. The van der Waals surface area contributed by atoms with Crippen molar-refractivity contribution >= 4 is 23.6 Å². The molecule has 26 heavy (non-hydrogen) atoms. The maximum Gasteiger partial charge on any atom is 0.246 e. The van der Waals surface area contributed by atoms with Crippen LogP contribution in [0.25, 0.3) is 0 Å². The van der Waals surface area contributed by atoms with Crippen molar-refractivity contribution in [3.63, 3.8) is 0 Å². The number of H-pyrrole nitrogens is 1. The van der Waals surface area contributed by atoms with E-state index >= 15 is 0 Å². The Morgan fingerprint density at radius 3 is 2.85 bits per heavy atom. The van der Waals surface area contributed by atoms with Crippen molar-refractivity contribution in [3.8, 4) is 0 Å². The quantitative estimate of drug-likeness (QED) is 0.464. The molecule has 3 heterocycles. The van der Waals surface area contributed by atoms with Crippen molar-refractivity contribution in [2.24, 2.45) is 11.7 Å². The number of nitrogens with two attached hydrogens (primary N) is 1. The molecule has 1 aromatic heterocycles. The van der Waals surface area contributed by atoms with Gasteiger partial charge in [0.1, 0.15) is 12.1 Å². The molecule has 2 aliphatic heterocycles. The lowest BCUT2D eigenvalue weighted by atomic mass is 10.0. The average molecular weight is 362 g/mol. The first-order valence-corrected chi connectivity index (χ1v) is 8.60. The number of imidazole rings is 1. The predicted molar refractivity (Wildman–Crippen MR) is 89.3 cm³/mol. The minimum Gasteiger partial charge on any atom is -0.368 e. The predicted octanol–water partition coefficient (Wildman–Crippen LogP) is -1.95. The van der Waals surface area contributed by atoms with Crippen molar-refractivity contribution in [1.82, 2.24) is 25.5 Å². The highest BCUT2D eigenvalue weighted by molar-refractivity contribution is 5.94. The topological polar surface area (TPSA) is 150 Å². The summed E-state index contributed by atoms with van der Waals surface area (Å²) in [5, 5.41) is 5.33. The number of primary amides is 1. The van der Waals surface area contributed by atoms with E-state index in [0.717, 1.165) is 0 Å². The SMILES string of the molecule is NC(=O)[C@@H]1CCCN1C(=O)[C@H](Cc1cnc[nH]1)NC(=O)C1CNC(=O)C1. The summed E-state index contributed by atoms with van der Waals surface area (Å²) >= 11 is 0. The Kier molecular flexibility index (Phi) is 5.19. The molecule has 0 aromatic carbocycles. The number of carbonyl (C=O) groups is 4. The highest BCUT2D eigenvalue weighted by Gasteiger charge is 2.38. The third-order valence-electron chi connectivity index (χ3n) is 4.81. The second kappa shape index (κ2) is 7.54. The molecule has 0 bridgehead atoms. The Morgan fingerprint density at radius 2 is 2.23 bits per heavy atom. The molecule has 0 radical (unpaired) electrons. The number of amides is 4. The van der Waals surface area contributed by atoms with Crippen LogP contribution in [0.3, 0.4) is 0 Å². The Labute approximate surface area is 149 Å². The van der Waals surface area contributed by atoms with Crippen LogP contribution < -0.4 is 16.4 Å². The van der Waals surface area contributed by atoms with Crippen molar-refractivity contribution in [1.29, 1.82) is 0 Å². The molecule has 1 aromatic rings. The van der Waals surface area contributed by atoms with Gasteiger partial charge in [-0.05, 0) is 12.8 Å². The van der Waals surface area contributed by atoms with E-state index in [-0.39, 0.29) is 37.1 Å². The van der Waals surface area contributed by atoms with E-state index in [1.807, 2.05) is 0 Å². The summed E-state index contributed by atoms with van der Waals surface area (Å²) in [6.07, 6.45) is 4.58. The van der Waals surface area contributed by atoms with Gasteiger partial charge in [0, 0.05) is 37.8 Å². The van der Waals surface area contributed by atoms with Crippen molar-refractivity contribution in [2.45, 2.75) is 37.8 Å². The van der Waals surface area contributed by atoms with E-state index in [9.17, 15) is 19.2 Å². The van der Waals surface area contributed by atoms with Crippen LogP contribution in [0.1, 0.15) is 25.0 Å². The molecule has 5 N–H and O–H groups in total. The van der Waals surface area contributed by atoms with Gasteiger partial charge in [-0.2, -0.15) is 0 Å². The first-order chi connectivity index (χ1) is 12.5. The van der Waals surface area contributed by atoms with E-state index in [1.54, 1.807) is 6.20 Å². The van der Waals surface area contributed by atoms with Gasteiger partial charge in [0.2, 0.25) is 23.6 Å². The molecule has 0 aliphatic carbocycles. The number of aromatic amines is 1. The minimum atomic E-state index is -0.862. The van der Waals surface area contributed by atoms with Crippen LogP contribution in [-0.4, -0.2) is 63.7 Å². The molecule has 1 unspecified atom stereocenters. The molecule has 10 heteroatoms. The summed E-state index contributed by atoms with van der Waals surface area (Å²) in [5.74, 6) is -1.96. The van der Waals surface area contributed by atoms with Gasteiger partial charge in [-0.3, -0.25) is 19.2 Å². The Hall–Kier alpha value is -2.91. The number of carbonyl (C=O) groups excluding carboxylic acids is 4. The van der Waals surface area contributed by atoms with Crippen molar-refractivity contribution in [3.05, 3.63) is 18.2 Å². The highest BCUT2D eigenvalue weighted by atomic mass is 16.2. The van der Waals surface area contributed by atoms with Crippen LogP contribution in [0, 0.1) is 5.92 Å². The van der Waals surface area contributed by atoms with Crippen LogP contribution in [0.15, 0.2) is 12.5 Å². The first kappa shape index (κ1) is 17.9. The second-order valence-electron chi connectivity index (χ2n) is 6.64. The van der Waals surface area contributed by atoms with Crippen LogP contribution in [0.4, 0.5) is 0 Å². The van der Waals surface area contributed by atoms with Gasteiger partial charge in [-0.25, -0.2) is 4.98 Å². The van der Waals surface area contributed by atoms with E-state index in [2.05, 4.69) is 20.6 Å². The number of hydrogen-bond acceptors (Lipinski definition) is 5. The van der Waals surface area contributed by atoms with Gasteiger partial charge in [0.15, 0.2) is 0 Å². The van der Waals surface area contributed by atoms with Gasteiger partial charge in [-0.1, -0.05) is 0 Å². The Balaban J connectivity index is 1.74. The van der Waals surface area contributed by atoms with Crippen molar-refractivity contribution in [2.75, 3.05) is 13.1 Å². The summed E-state index contributed by atoms with van der Waals surface area (Å²) in [6, 6.07) is -1.52. The maximum atomic E-state index is 13.0. The molecule has 2 saturated heterocycles. The molecule has 140 valence electrons. The largest absolute Gasteiger partial charge is 0.368 e. The average Bonchev–Trinajstić information content (AvgIpc) is 3.34. The molecule has 10 nitrogen and oxygen atoms in total. The highest BCUT2D eigenvalue weighted by Crippen LogP contribution is 2.19. The lowest BCUT2D eigenvalue weighted by Crippen LogP contribution is -2.54. The lowest BCUT2D eigenvalue weighted by molar-refractivity contribution is -0.141. The summed E-state index contributed by atoms with van der Waals surface area (Å²) in [5.41, 5.74) is 6.08. The zero-order valence-electron chi connectivity index (χ0n) is 14.2. The summed E-state index contributed by atoms with van der Waals surface area (Å²) in [6.45, 7) is 0.675. The lowest BCUT2D eigenvalue weighted by Gasteiger charge is -2.28. The Bertz CT molecular complexity index is 704. The zero-order chi connectivity index (χ0) is 18.7. The molecule has 3 atom stereocenters. The monoisotopic (exact) mass is 362 g/mol. The smallest absolute Gasteiger partial charge is 0.246 e. The molecule has 2 fully saturated rings. The van der Waals surface area contributed by atoms with Gasteiger partial charge in [0.05, 0.1) is 12.2 Å². The van der Waals surface area contributed by atoms with Crippen LogP contribution in [-0.2, 0) is 25.6 Å². The van der Waals surface area contributed by atoms with Crippen LogP contribution >= 0.6 is 0 Å². The molecular weight excluding hydrogens is 340 g/mol. The maximum absolute atomic E-state index is 13.0. The van der Waals surface area contributed by atoms with E-state index in [4.69, 9.17) is 5.73 Å². The number of likely N-dealkylation sites (tertiary alicyclic amines) is 1. The number of hydrogen-bond donors (Lipinski definition) is 4. The summed E-state index contributed by atoms with van der Waals surface area (Å²) < 4.78 is 0. The van der Waals surface area contributed by atoms with Crippen LogP contribution in [0.2, 0.25) is 0 Å². The number of aromatic nitrogens is 2. The van der Waals surface area contributed by atoms with E-state index < -0.39 is 23.9 Å². The van der Waals surface area contributed by atoms with Crippen LogP contribution in [0.5, 0.6) is 0 Å². The van der Waals surface area contributed by atoms with E-state index in [1.165, 1.54) is 11.2 Å². The van der Waals surface area contributed by atoms with Gasteiger partial charge in [-0.15, -0.1) is 0 Å². The summed E-state index contributed by atoms with van der Waals surface area (Å²) in [4.78, 5) is 56.7. The Morgan fingerprint density at radius 1 is 1.42 bits per heavy atom. The minimum absolute atomic E-state index is 0.102.